The maximum atomic E-state index is 11.6. The molecular formula is C14H18N4O. The fourth-order valence-corrected chi connectivity index (χ4v) is 1.87. The van der Waals surface area contributed by atoms with Crippen molar-refractivity contribution < 1.29 is 4.79 Å². The minimum Gasteiger partial charge on any atom is -0.398 e. The lowest BCUT2D eigenvalue weighted by molar-refractivity contribution is -0.119. The predicted octanol–water partition coefficient (Wildman–Crippen LogP) is 1.76. The summed E-state index contributed by atoms with van der Waals surface area (Å²) in [4.78, 5) is 15.6. The van der Waals surface area contributed by atoms with Gasteiger partial charge in [-0.1, -0.05) is 6.92 Å². The first-order valence-corrected chi connectivity index (χ1v) is 6.35. The molecule has 2 rings (SSSR count). The number of carbonyl (C=O) groups excluding carboxylic acids is 1. The Balaban J connectivity index is 2.13. The van der Waals surface area contributed by atoms with E-state index in [1.807, 2.05) is 25.1 Å². The molecule has 0 unspecified atom stereocenters. The number of nitrogens with two attached hydrogens (primary N) is 1. The molecular weight excluding hydrogens is 240 g/mol. The molecule has 0 radical (unpaired) electrons. The van der Waals surface area contributed by atoms with Crippen LogP contribution < -0.4 is 16.4 Å². The summed E-state index contributed by atoms with van der Waals surface area (Å²) in [6, 6.07) is 5.58. The van der Waals surface area contributed by atoms with Gasteiger partial charge in [0.1, 0.15) is 0 Å². The molecule has 0 fully saturated rings. The van der Waals surface area contributed by atoms with Crippen molar-refractivity contribution in [3.63, 3.8) is 0 Å². The van der Waals surface area contributed by atoms with Crippen LogP contribution in [0.5, 0.6) is 0 Å². The van der Waals surface area contributed by atoms with Crippen LogP contribution in [0.3, 0.4) is 0 Å². The number of anilines is 2. The van der Waals surface area contributed by atoms with E-state index in [1.165, 1.54) is 0 Å². The predicted molar refractivity (Wildman–Crippen MR) is 77.9 cm³/mol. The van der Waals surface area contributed by atoms with Crippen molar-refractivity contribution in [2.24, 2.45) is 0 Å². The van der Waals surface area contributed by atoms with E-state index in [-0.39, 0.29) is 12.5 Å². The first kappa shape index (κ1) is 13.1. The quantitative estimate of drug-likeness (QED) is 0.714. The number of benzene rings is 1. The van der Waals surface area contributed by atoms with Crippen molar-refractivity contribution in [2.45, 2.75) is 13.3 Å². The van der Waals surface area contributed by atoms with Gasteiger partial charge in [0.05, 0.1) is 6.54 Å². The van der Waals surface area contributed by atoms with Crippen LogP contribution in [-0.4, -0.2) is 24.0 Å². The van der Waals surface area contributed by atoms with E-state index in [4.69, 9.17) is 5.73 Å². The molecule has 1 heterocycles. The summed E-state index contributed by atoms with van der Waals surface area (Å²) < 4.78 is 0. The van der Waals surface area contributed by atoms with Gasteiger partial charge in [0.15, 0.2) is 0 Å². The van der Waals surface area contributed by atoms with Gasteiger partial charge in [-0.25, -0.2) is 0 Å². The summed E-state index contributed by atoms with van der Waals surface area (Å²) >= 11 is 0. The van der Waals surface area contributed by atoms with Crippen LogP contribution in [0.4, 0.5) is 11.4 Å². The molecule has 1 amide bonds. The number of hydrogen-bond donors (Lipinski definition) is 3. The van der Waals surface area contributed by atoms with Gasteiger partial charge in [-0.05, 0) is 24.6 Å². The normalized spacial score (nSPS) is 10.4. The highest BCUT2D eigenvalue weighted by atomic mass is 16.1. The SMILES string of the molecule is CCCNC(=O)CNc1ccc(N)c2cnccc12. The molecule has 1 aromatic heterocycles. The monoisotopic (exact) mass is 258 g/mol. The van der Waals surface area contributed by atoms with E-state index in [0.29, 0.717) is 12.2 Å². The van der Waals surface area contributed by atoms with E-state index in [1.54, 1.807) is 12.4 Å². The summed E-state index contributed by atoms with van der Waals surface area (Å²) in [5, 5.41) is 7.81. The Morgan fingerprint density at radius 1 is 1.32 bits per heavy atom. The third kappa shape index (κ3) is 3.13. The molecule has 1 aromatic carbocycles. The third-order valence-electron chi connectivity index (χ3n) is 2.86. The lowest BCUT2D eigenvalue weighted by Gasteiger charge is -2.11. The van der Waals surface area contributed by atoms with E-state index < -0.39 is 0 Å². The lowest BCUT2D eigenvalue weighted by Crippen LogP contribution is -2.30. The van der Waals surface area contributed by atoms with Gasteiger partial charge in [-0.15, -0.1) is 0 Å². The van der Waals surface area contributed by atoms with E-state index in [2.05, 4.69) is 15.6 Å². The highest BCUT2D eigenvalue weighted by Crippen LogP contribution is 2.27. The summed E-state index contributed by atoms with van der Waals surface area (Å²) in [6.45, 7) is 2.97. The molecule has 5 nitrogen and oxygen atoms in total. The van der Waals surface area contributed by atoms with Gasteiger partial charge in [-0.2, -0.15) is 0 Å². The van der Waals surface area contributed by atoms with Crippen molar-refractivity contribution in [1.82, 2.24) is 10.3 Å². The standard InChI is InChI=1S/C14H18N4O/c1-2-6-17-14(19)9-18-13-4-3-12(15)11-8-16-7-5-10(11)13/h3-5,7-8,18H,2,6,9,15H2,1H3,(H,17,19). The topological polar surface area (TPSA) is 80.0 Å². The molecule has 0 aliphatic rings. The number of carbonyl (C=O) groups is 1. The highest BCUT2D eigenvalue weighted by Gasteiger charge is 2.05. The molecule has 0 aliphatic carbocycles. The lowest BCUT2D eigenvalue weighted by atomic mass is 10.1. The summed E-state index contributed by atoms with van der Waals surface area (Å²) in [5.74, 6) is -0.0131. The fourth-order valence-electron chi connectivity index (χ4n) is 1.87. The van der Waals surface area contributed by atoms with Gasteiger partial charge in [0.25, 0.3) is 0 Å². The molecule has 0 spiro atoms. The third-order valence-corrected chi connectivity index (χ3v) is 2.86. The van der Waals surface area contributed by atoms with E-state index in [9.17, 15) is 4.79 Å². The second kappa shape index (κ2) is 6.04. The Kier molecular flexibility index (Phi) is 4.18. The molecule has 0 atom stereocenters. The van der Waals surface area contributed by atoms with Crippen LogP contribution >= 0.6 is 0 Å². The average Bonchev–Trinajstić information content (AvgIpc) is 2.45. The fraction of sp³-hybridized carbons (Fsp3) is 0.286. The molecule has 0 aliphatic heterocycles. The van der Waals surface area contributed by atoms with Gasteiger partial charge >= 0.3 is 0 Å². The van der Waals surface area contributed by atoms with Crippen LogP contribution in [-0.2, 0) is 4.79 Å². The molecule has 5 heteroatoms. The van der Waals surface area contributed by atoms with Gasteiger partial charge in [-0.3, -0.25) is 9.78 Å². The van der Waals surface area contributed by atoms with Crippen molar-refractivity contribution in [3.8, 4) is 0 Å². The maximum Gasteiger partial charge on any atom is 0.239 e. The van der Waals surface area contributed by atoms with Crippen LogP contribution in [0.25, 0.3) is 10.8 Å². The first-order chi connectivity index (χ1) is 9.22. The number of nitrogen functional groups attached to an aromatic ring is 1. The van der Waals surface area contributed by atoms with Crippen LogP contribution in [0.1, 0.15) is 13.3 Å². The summed E-state index contributed by atoms with van der Waals surface area (Å²) in [5.41, 5.74) is 7.47. The molecule has 19 heavy (non-hydrogen) atoms. The second-order valence-electron chi connectivity index (χ2n) is 4.33. The largest absolute Gasteiger partial charge is 0.398 e. The zero-order chi connectivity index (χ0) is 13.7. The molecule has 0 saturated carbocycles. The number of rotatable bonds is 5. The Bertz CT molecular complexity index is 583. The van der Waals surface area contributed by atoms with Crippen molar-refractivity contribution in [3.05, 3.63) is 30.6 Å². The molecule has 100 valence electrons. The molecule has 4 N–H and O–H groups in total. The summed E-state index contributed by atoms with van der Waals surface area (Å²) in [7, 11) is 0. The van der Waals surface area contributed by atoms with Gasteiger partial charge in [0, 0.05) is 41.1 Å². The molecule has 2 aromatic rings. The van der Waals surface area contributed by atoms with Crippen LogP contribution in [0.2, 0.25) is 0 Å². The van der Waals surface area contributed by atoms with Crippen molar-refractivity contribution >= 4 is 28.1 Å². The highest BCUT2D eigenvalue weighted by molar-refractivity contribution is 6.01. The van der Waals surface area contributed by atoms with Gasteiger partial charge < -0.3 is 16.4 Å². The van der Waals surface area contributed by atoms with E-state index >= 15 is 0 Å². The number of hydrogen-bond acceptors (Lipinski definition) is 4. The Hall–Kier alpha value is -2.30. The minimum atomic E-state index is -0.0131. The molecule has 0 saturated heterocycles. The zero-order valence-electron chi connectivity index (χ0n) is 10.9. The van der Waals surface area contributed by atoms with Crippen molar-refractivity contribution in [2.75, 3.05) is 24.1 Å². The molecule has 0 bridgehead atoms. The Labute approximate surface area is 112 Å². The average molecular weight is 258 g/mol. The number of nitrogens with one attached hydrogen (secondary N) is 2. The van der Waals surface area contributed by atoms with Crippen LogP contribution in [0, 0.1) is 0 Å². The first-order valence-electron chi connectivity index (χ1n) is 6.35. The summed E-state index contributed by atoms with van der Waals surface area (Å²) in [6.07, 6.45) is 4.37. The number of nitrogens with zero attached hydrogens (tertiary/aromatic N) is 1. The second-order valence-corrected chi connectivity index (χ2v) is 4.33. The number of aromatic nitrogens is 1. The Morgan fingerprint density at radius 3 is 2.95 bits per heavy atom. The van der Waals surface area contributed by atoms with E-state index in [0.717, 1.165) is 22.9 Å². The number of pyridine rings is 1. The Morgan fingerprint density at radius 2 is 2.16 bits per heavy atom. The number of fused-ring (bicyclic) bond motifs is 1. The maximum absolute atomic E-state index is 11.6. The smallest absolute Gasteiger partial charge is 0.239 e. The minimum absolute atomic E-state index is 0.0131. The van der Waals surface area contributed by atoms with Crippen molar-refractivity contribution in [1.29, 1.82) is 0 Å². The zero-order valence-corrected chi connectivity index (χ0v) is 10.9. The number of amides is 1. The van der Waals surface area contributed by atoms with Gasteiger partial charge in [0.2, 0.25) is 5.91 Å². The van der Waals surface area contributed by atoms with Crippen LogP contribution in [0.15, 0.2) is 30.6 Å².